The van der Waals surface area contributed by atoms with Crippen molar-refractivity contribution in [2.75, 3.05) is 17.7 Å². The van der Waals surface area contributed by atoms with E-state index >= 15 is 0 Å². The van der Waals surface area contributed by atoms with Gasteiger partial charge in [0.15, 0.2) is 0 Å². The molecule has 1 N–H and O–H groups in total. The molecule has 0 radical (unpaired) electrons. The van der Waals surface area contributed by atoms with Crippen LogP contribution in [0.4, 0.5) is 5.82 Å². The Hall–Kier alpha value is -1.07. The largest absolute Gasteiger partial charge is 0.356 e. The van der Waals surface area contributed by atoms with E-state index in [0.29, 0.717) is 12.1 Å². The third-order valence-corrected chi connectivity index (χ3v) is 5.06. The fourth-order valence-electron chi connectivity index (χ4n) is 2.57. The minimum Gasteiger partial charge on any atom is -0.356 e. The fraction of sp³-hybridized carbons (Fsp3) is 0.625. The highest BCUT2D eigenvalue weighted by molar-refractivity contribution is 7.97. The number of nitrogens with zero attached hydrogens (tertiary/aromatic N) is 3. The molecule has 5 heteroatoms. The summed E-state index contributed by atoms with van der Waals surface area (Å²) in [6.07, 6.45) is 9.42. The summed E-state index contributed by atoms with van der Waals surface area (Å²) >= 11 is 1.86. The van der Waals surface area contributed by atoms with E-state index in [2.05, 4.69) is 45.7 Å². The molecule has 1 fully saturated rings. The Morgan fingerprint density at radius 3 is 2.86 bits per heavy atom. The average Bonchev–Trinajstić information content (AvgIpc) is 2.43. The lowest BCUT2D eigenvalue weighted by atomic mass is 9.86. The van der Waals surface area contributed by atoms with E-state index in [1.165, 1.54) is 25.0 Å². The highest BCUT2D eigenvalue weighted by Gasteiger charge is 2.33. The van der Waals surface area contributed by atoms with Gasteiger partial charge in [0.1, 0.15) is 12.1 Å². The van der Waals surface area contributed by atoms with Crippen molar-refractivity contribution in [3.8, 4) is 0 Å². The number of aryl methyl sites for hydroxylation is 1. The lowest BCUT2D eigenvalue weighted by molar-refractivity contribution is 0.322. The normalized spacial score (nSPS) is 21.5. The van der Waals surface area contributed by atoms with Crippen LogP contribution < -0.4 is 9.62 Å². The zero-order chi connectivity index (χ0) is 15.2. The van der Waals surface area contributed by atoms with Crippen LogP contribution in [0, 0.1) is 6.92 Å². The van der Waals surface area contributed by atoms with Crippen molar-refractivity contribution in [2.45, 2.75) is 52.1 Å². The molecule has 4 nitrogen and oxygen atoms in total. The molecular formula is C16H26N4S. The van der Waals surface area contributed by atoms with Gasteiger partial charge in [-0.15, -0.1) is 0 Å². The van der Waals surface area contributed by atoms with Crippen molar-refractivity contribution < 1.29 is 0 Å². The number of rotatable bonds is 7. The molecule has 2 rings (SSSR count). The second-order valence-corrected chi connectivity index (χ2v) is 6.53. The highest BCUT2D eigenvalue weighted by atomic mass is 32.2. The molecule has 1 aliphatic carbocycles. The molecule has 1 saturated carbocycles. The van der Waals surface area contributed by atoms with Crippen LogP contribution in [-0.4, -0.2) is 34.9 Å². The predicted octanol–water partition coefficient (Wildman–Crippen LogP) is 3.43. The first kappa shape index (κ1) is 16.3. The molecule has 116 valence electrons. The molecular weight excluding hydrogens is 280 g/mol. The summed E-state index contributed by atoms with van der Waals surface area (Å²) < 4.78 is 3.55. The Kier molecular flexibility index (Phi) is 6.06. The maximum Gasteiger partial charge on any atom is 0.139 e. The monoisotopic (exact) mass is 306 g/mol. The number of hydrogen-bond acceptors (Lipinski definition) is 5. The Morgan fingerprint density at radius 1 is 1.43 bits per heavy atom. The van der Waals surface area contributed by atoms with Crippen LogP contribution in [0.1, 0.15) is 44.4 Å². The minimum absolute atomic E-state index is 0.572. The minimum atomic E-state index is 0.572. The first-order valence-corrected chi connectivity index (χ1v) is 8.70. The van der Waals surface area contributed by atoms with Gasteiger partial charge < -0.3 is 4.90 Å². The maximum atomic E-state index is 4.50. The Balaban J connectivity index is 1.96. The lowest BCUT2D eigenvalue weighted by Gasteiger charge is -2.42. The lowest BCUT2D eigenvalue weighted by Crippen LogP contribution is -2.50. The second-order valence-electron chi connectivity index (χ2n) is 5.60. The van der Waals surface area contributed by atoms with Gasteiger partial charge in [0.2, 0.25) is 0 Å². The third kappa shape index (κ3) is 3.98. The molecule has 1 aromatic heterocycles. The zero-order valence-corrected chi connectivity index (χ0v) is 14.3. The molecule has 1 aromatic rings. The van der Waals surface area contributed by atoms with Gasteiger partial charge in [0.25, 0.3) is 0 Å². The molecule has 0 bridgehead atoms. The van der Waals surface area contributed by atoms with Crippen molar-refractivity contribution in [3.05, 3.63) is 23.7 Å². The summed E-state index contributed by atoms with van der Waals surface area (Å²) in [4.78, 5) is 11.1. The van der Waals surface area contributed by atoms with E-state index in [1.807, 2.05) is 25.8 Å². The van der Waals surface area contributed by atoms with Gasteiger partial charge in [-0.05, 0) is 33.1 Å². The van der Waals surface area contributed by atoms with Gasteiger partial charge in [-0.2, -0.15) is 0 Å². The van der Waals surface area contributed by atoms with Crippen molar-refractivity contribution in [1.29, 1.82) is 0 Å². The van der Waals surface area contributed by atoms with Gasteiger partial charge in [0.05, 0.1) is 5.69 Å². The number of hydrogen-bond donors (Lipinski definition) is 1. The van der Waals surface area contributed by atoms with Crippen LogP contribution in [-0.2, 0) is 0 Å². The Labute approximate surface area is 132 Å². The first-order valence-electron chi connectivity index (χ1n) is 7.71. The Bertz CT molecular complexity index is 483. The summed E-state index contributed by atoms with van der Waals surface area (Å²) in [6.45, 7) is 6.29. The summed E-state index contributed by atoms with van der Waals surface area (Å²) in [5.74, 6) is 2.23. The summed E-state index contributed by atoms with van der Waals surface area (Å²) in [6, 6.07) is 1.21. The first-order chi connectivity index (χ1) is 10.2. The molecule has 1 heterocycles. The van der Waals surface area contributed by atoms with E-state index in [1.54, 1.807) is 6.33 Å². The number of anilines is 1. The van der Waals surface area contributed by atoms with E-state index in [0.717, 1.165) is 17.1 Å². The summed E-state index contributed by atoms with van der Waals surface area (Å²) in [5.41, 5.74) is 2.18. The summed E-state index contributed by atoms with van der Waals surface area (Å²) in [5, 5.41) is 0. The van der Waals surface area contributed by atoms with Crippen LogP contribution in [0.15, 0.2) is 12.4 Å². The standard InChI is InChI=1S/C16H26N4S/c1-5-7-15-12(3)17-11-18-16(15)20(4)14-9-13(10-14)19-21-8-6-2/h5,7,11,13-14,19H,6,8-10H2,1-4H3/b7-5-. The molecule has 21 heavy (non-hydrogen) atoms. The number of allylic oxidation sites excluding steroid dienone is 1. The molecule has 0 amide bonds. The van der Waals surface area contributed by atoms with Crippen LogP contribution in [0.5, 0.6) is 0 Å². The molecule has 0 unspecified atom stereocenters. The topological polar surface area (TPSA) is 41.1 Å². The maximum absolute atomic E-state index is 4.50. The summed E-state index contributed by atoms with van der Waals surface area (Å²) in [7, 11) is 2.15. The van der Waals surface area contributed by atoms with E-state index in [9.17, 15) is 0 Å². The zero-order valence-electron chi connectivity index (χ0n) is 13.5. The predicted molar refractivity (Wildman–Crippen MR) is 92.6 cm³/mol. The second kappa shape index (κ2) is 7.80. The fourth-order valence-corrected chi connectivity index (χ4v) is 3.32. The Morgan fingerprint density at radius 2 is 2.19 bits per heavy atom. The molecule has 1 aliphatic rings. The third-order valence-electron chi connectivity index (χ3n) is 3.95. The average molecular weight is 306 g/mol. The van der Waals surface area contributed by atoms with Gasteiger partial charge in [-0.3, -0.25) is 4.72 Å². The number of nitrogens with one attached hydrogen (secondary N) is 1. The van der Waals surface area contributed by atoms with Crippen LogP contribution in [0.3, 0.4) is 0 Å². The quantitative estimate of drug-likeness (QED) is 0.617. The van der Waals surface area contributed by atoms with Crippen molar-refractivity contribution in [1.82, 2.24) is 14.7 Å². The molecule has 0 saturated heterocycles. The highest BCUT2D eigenvalue weighted by Crippen LogP contribution is 2.31. The van der Waals surface area contributed by atoms with Gasteiger partial charge in [-0.1, -0.05) is 31.0 Å². The van der Waals surface area contributed by atoms with Gasteiger partial charge in [0, 0.05) is 30.4 Å². The van der Waals surface area contributed by atoms with Crippen LogP contribution in [0.2, 0.25) is 0 Å². The number of aromatic nitrogens is 2. The van der Waals surface area contributed by atoms with E-state index in [-0.39, 0.29) is 0 Å². The van der Waals surface area contributed by atoms with E-state index in [4.69, 9.17) is 0 Å². The van der Waals surface area contributed by atoms with Crippen LogP contribution in [0.25, 0.3) is 6.08 Å². The van der Waals surface area contributed by atoms with Gasteiger partial charge in [-0.25, -0.2) is 9.97 Å². The SMILES string of the molecule is C/C=C\c1c(C)ncnc1N(C)C1CC(NSCCC)C1. The molecule has 0 aliphatic heterocycles. The van der Waals surface area contributed by atoms with Gasteiger partial charge >= 0.3 is 0 Å². The molecule has 0 atom stereocenters. The van der Waals surface area contributed by atoms with Crippen molar-refractivity contribution >= 4 is 23.8 Å². The van der Waals surface area contributed by atoms with E-state index < -0.39 is 0 Å². The van der Waals surface area contributed by atoms with Crippen molar-refractivity contribution in [2.24, 2.45) is 0 Å². The smallest absolute Gasteiger partial charge is 0.139 e. The van der Waals surface area contributed by atoms with Crippen LogP contribution >= 0.6 is 11.9 Å². The molecule has 0 aromatic carbocycles. The molecule has 0 spiro atoms. The van der Waals surface area contributed by atoms with Crippen molar-refractivity contribution in [3.63, 3.8) is 0 Å².